The predicted molar refractivity (Wildman–Crippen MR) is 110 cm³/mol. The number of para-hydroxylation sites is 1. The molecular weight excluding hydrogens is 356 g/mol. The largest absolute Gasteiger partial charge is 0.379 e. The topological polar surface area (TPSA) is 59.3 Å². The number of hydrogen-bond donors (Lipinski definition) is 1. The van der Waals surface area contributed by atoms with Crippen molar-refractivity contribution in [2.45, 2.75) is 26.3 Å². The van der Waals surface area contributed by atoms with Crippen molar-refractivity contribution in [3.05, 3.63) is 92.8 Å². The summed E-state index contributed by atoms with van der Waals surface area (Å²) in [5, 5.41) is 8.64. The van der Waals surface area contributed by atoms with E-state index in [-0.39, 0.29) is 5.56 Å². The van der Waals surface area contributed by atoms with Gasteiger partial charge in [0.2, 0.25) is 4.96 Å². The summed E-state index contributed by atoms with van der Waals surface area (Å²) in [5.74, 6) is 0. The zero-order chi connectivity index (χ0) is 18.6. The van der Waals surface area contributed by atoms with Crippen LogP contribution in [-0.4, -0.2) is 14.6 Å². The predicted octanol–water partition coefficient (Wildman–Crippen LogP) is 3.92. The normalized spacial score (nSPS) is 11.0. The van der Waals surface area contributed by atoms with Crippen LogP contribution in [0.5, 0.6) is 0 Å². The third-order valence-corrected chi connectivity index (χ3v) is 5.41. The molecule has 0 unspecified atom stereocenters. The molecule has 136 valence electrons. The van der Waals surface area contributed by atoms with Gasteiger partial charge in [0.15, 0.2) is 0 Å². The number of benzene rings is 2. The lowest BCUT2D eigenvalue weighted by Gasteiger charge is -2.12. The van der Waals surface area contributed by atoms with Gasteiger partial charge in [-0.15, -0.1) is 0 Å². The maximum absolute atomic E-state index is 12.3. The first-order valence-electron chi connectivity index (χ1n) is 8.97. The fourth-order valence-electron chi connectivity index (χ4n) is 2.98. The Kier molecular flexibility index (Phi) is 4.98. The summed E-state index contributed by atoms with van der Waals surface area (Å²) in [6, 6.07) is 20.2. The Morgan fingerprint density at radius 3 is 2.67 bits per heavy atom. The van der Waals surface area contributed by atoms with Gasteiger partial charge in [-0.1, -0.05) is 66.8 Å². The molecule has 4 aromatic rings. The van der Waals surface area contributed by atoms with Gasteiger partial charge in [0, 0.05) is 11.8 Å². The van der Waals surface area contributed by atoms with E-state index in [0.29, 0.717) is 11.5 Å². The molecule has 0 fully saturated rings. The summed E-state index contributed by atoms with van der Waals surface area (Å²) in [4.78, 5) is 17.5. The number of rotatable bonds is 6. The molecule has 5 nitrogen and oxygen atoms in total. The summed E-state index contributed by atoms with van der Waals surface area (Å²) in [7, 11) is 0. The fraction of sp³-hybridized carbons (Fsp3) is 0.190. The van der Waals surface area contributed by atoms with E-state index in [2.05, 4.69) is 51.8 Å². The second-order valence-electron chi connectivity index (χ2n) is 6.30. The molecule has 0 radical (unpaired) electrons. The number of aryl methyl sites for hydroxylation is 1. The van der Waals surface area contributed by atoms with Crippen molar-refractivity contribution in [3.8, 4) is 0 Å². The van der Waals surface area contributed by atoms with Crippen LogP contribution in [0.4, 0.5) is 5.69 Å². The fourth-order valence-corrected chi connectivity index (χ4v) is 3.84. The number of anilines is 1. The number of hydrogen-bond acceptors (Lipinski definition) is 5. The second kappa shape index (κ2) is 7.72. The zero-order valence-electron chi connectivity index (χ0n) is 15.1. The third kappa shape index (κ3) is 3.90. The van der Waals surface area contributed by atoms with Crippen LogP contribution in [0.25, 0.3) is 4.96 Å². The van der Waals surface area contributed by atoms with Crippen molar-refractivity contribution in [2.24, 2.45) is 0 Å². The molecule has 2 heterocycles. The van der Waals surface area contributed by atoms with E-state index in [9.17, 15) is 4.79 Å². The molecule has 27 heavy (non-hydrogen) atoms. The Hall–Kier alpha value is -2.99. The van der Waals surface area contributed by atoms with E-state index in [1.54, 1.807) is 6.07 Å². The van der Waals surface area contributed by atoms with Crippen LogP contribution < -0.4 is 10.9 Å². The molecule has 0 amide bonds. The summed E-state index contributed by atoms with van der Waals surface area (Å²) in [6.45, 7) is 2.52. The zero-order valence-corrected chi connectivity index (χ0v) is 15.9. The van der Waals surface area contributed by atoms with Crippen molar-refractivity contribution >= 4 is 22.0 Å². The van der Waals surface area contributed by atoms with Crippen LogP contribution >= 0.6 is 11.3 Å². The van der Waals surface area contributed by atoms with Crippen LogP contribution in [-0.2, 0) is 19.4 Å². The smallest absolute Gasteiger partial charge is 0.275 e. The van der Waals surface area contributed by atoms with Gasteiger partial charge < -0.3 is 5.32 Å². The number of nitrogens with zero attached hydrogens (tertiary/aromatic N) is 3. The molecule has 1 N–H and O–H groups in total. The standard InChI is InChI=1S/C21H20N4OS/c1-2-19-24-25-20(26)13-17(23-21(25)27-19)14-22-18-11-7-6-10-16(18)12-15-8-4-3-5-9-15/h3-11,13,22H,2,12,14H2,1H3. The van der Waals surface area contributed by atoms with E-state index < -0.39 is 0 Å². The summed E-state index contributed by atoms with van der Waals surface area (Å²) >= 11 is 1.47. The van der Waals surface area contributed by atoms with E-state index in [0.717, 1.165) is 29.2 Å². The molecule has 0 saturated carbocycles. The first-order valence-corrected chi connectivity index (χ1v) is 9.79. The summed E-state index contributed by atoms with van der Waals surface area (Å²) in [6.07, 6.45) is 1.65. The summed E-state index contributed by atoms with van der Waals surface area (Å²) < 4.78 is 1.39. The van der Waals surface area contributed by atoms with E-state index in [4.69, 9.17) is 0 Å². The lowest BCUT2D eigenvalue weighted by atomic mass is 10.0. The van der Waals surface area contributed by atoms with Crippen LogP contribution in [0, 0.1) is 0 Å². The van der Waals surface area contributed by atoms with Gasteiger partial charge in [0.25, 0.3) is 5.56 Å². The lowest BCUT2D eigenvalue weighted by molar-refractivity contribution is 0.846. The van der Waals surface area contributed by atoms with Crippen molar-refractivity contribution < 1.29 is 0 Å². The highest BCUT2D eigenvalue weighted by Crippen LogP contribution is 2.20. The SMILES string of the molecule is CCc1nn2c(=O)cc(CNc3ccccc3Cc3ccccc3)nc2s1. The van der Waals surface area contributed by atoms with Crippen molar-refractivity contribution in [1.29, 1.82) is 0 Å². The Morgan fingerprint density at radius 1 is 1.07 bits per heavy atom. The average molecular weight is 376 g/mol. The highest BCUT2D eigenvalue weighted by Gasteiger charge is 2.09. The molecule has 0 atom stereocenters. The van der Waals surface area contributed by atoms with Crippen LogP contribution in [0.1, 0.15) is 28.8 Å². The Labute approximate surface area is 161 Å². The van der Waals surface area contributed by atoms with E-state index >= 15 is 0 Å². The van der Waals surface area contributed by atoms with Crippen molar-refractivity contribution in [1.82, 2.24) is 14.6 Å². The second-order valence-corrected chi connectivity index (χ2v) is 7.34. The molecular formula is C21H20N4OS. The summed E-state index contributed by atoms with van der Waals surface area (Å²) in [5.41, 5.74) is 4.13. The Morgan fingerprint density at radius 2 is 1.85 bits per heavy atom. The first-order chi connectivity index (χ1) is 13.2. The first kappa shape index (κ1) is 17.4. The minimum absolute atomic E-state index is 0.134. The monoisotopic (exact) mass is 376 g/mol. The minimum atomic E-state index is -0.134. The number of nitrogens with one attached hydrogen (secondary N) is 1. The molecule has 2 aromatic carbocycles. The highest BCUT2D eigenvalue weighted by atomic mass is 32.1. The van der Waals surface area contributed by atoms with E-state index in [1.807, 2.05) is 25.1 Å². The van der Waals surface area contributed by atoms with Gasteiger partial charge in [-0.2, -0.15) is 9.61 Å². The van der Waals surface area contributed by atoms with Gasteiger partial charge in [0.1, 0.15) is 5.01 Å². The molecule has 2 aromatic heterocycles. The third-order valence-electron chi connectivity index (χ3n) is 4.36. The molecule has 0 aliphatic rings. The number of fused-ring (bicyclic) bond motifs is 1. The maximum Gasteiger partial charge on any atom is 0.275 e. The molecule has 0 spiro atoms. The van der Waals surface area contributed by atoms with Gasteiger partial charge in [-0.05, 0) is 30.0 Å². The van der Waals surface area contributed by atoms with Crippen molar-refractivity contribution in [3.63, 3.8) is 0 Å². The molecule has 4 rings (SSSR count). The molecule has 6 heteroatoms. The van der Waals surface area contributed by atoms with Gasteiger partial charge in [-0.25, -0.2) is 4.98 Å². The molecule has 0 aliphatic heterocycles. The van der Waals surface area contributed by atoms with Crippen LogP contribution in [0.2, 0.25) is 0 Å². The lowest BCUT2D eigenvalue weighted by Crippen LogP contribution is -2.17. The highest BCUT2D eigenvalue weighted by molar-refractivity contribution is 7.16. The van der Waals surface area contributed by atoms with Gasteiger partial charge in [0.05, 0.1) is 12.2 Å². The molecule has 0 saturated heterocycles. The Bertz CT molecular complexity index is 1120. The molecule has 0 bridgehead atoms. The maximum atomic E-state index is 12.3. The van der Waals surface area contributed by atoms with Crippen LogP contribution in [0.15, 0.2) is 65.5 Å². The van der Waals surface area contributed by atoms with Crippen LogP contribution in [0.3, 0.4) is 0 Å². The quantitative estimate of drug-likeness (QED) is 0.554. The van der Waals surface area contributed by atoms with Gasteiger partial charge >= 0.3 is 0 Å². The average Bonchev–Trinajstić information content (AvgIpc) is 3.12. The minimum Gasteiger partial charge on any atom is -0.379 e. The van der Waals surface area contributed by atoms with Crippen molar-refractivity contribution in [2.75, 3.05) is 5.32 Å². The molecule has 0 aliphatic carbocycles. The van der Waals surface area contributed by atoms with E-state index in [1.165, 1.54) is 27.0 Å². The Balaban J connectivity index is 1.55. The van der Waals surface area contributed by atoms with Gasteiger partial charge in [-0.3, -0.25) is 4.79 Å². The number of aromatic nitrogens is 3.